The molecule has 13 heavy (non-hydrogen) atoms. The van der Waals surface area contributed by atoms with E-state index in [9.17, 15) is 4.39 Å². The first kappa shape index (κ1) is 8.70. The second-order valence-corrected chi connectivity index (χ2v) is 3.69. The number of benzene rings is 1. The zero-order valence-electron chi connectivity index (χ0n) is 7.97. The Morgan fingerprint density at radius 2 is 2.23 bits per heavy atom. The summed E-state index contributed by atoms with van der Waals surface area (Å²) in [6.45, 7) is 1.86. The number of hydrogen-bond donors (Lipinski definition) is 1. The first-order valence-electron chi connectivity index (χ1n) is 4.66. The van der Waals surface area contributed by atoms with Crippen molar-refractivity contribution >= 4 is 0 Å². The SMILES string of the molecule is CN[C@@H]1C[C@@H]1c1cccc(F)c1C. The summed E-state index contributed by atoms with van der Waals surface area (Å²) in [4.78, 5) is 0. The van der Waals surface area contributed by atoms with E-state index in [1.807, 2.05) is 20.0 Å². The van der Waals surface area contributed by atoms with E-state index in [-0.39, 0.29) is 5.82 Å². The van der Waals surface area contributed by atoms with E-state index in [0.717, 1.165) is 12.0 Å². The van der Waals surface area contributed by atoms with Crippen LogP contribution < -0.4 is 5.32 Å². The summed E-state index contributed by atoms with van der Waals surface area (Å²) < 4.78 is 13.2. The van der Waals surface area contributed by atoms with Crippen LogP contribution in [0.25, 0.3) is 0 Å². The maximum atomic E-state index is 13.2. The maximum Gasteiger partial charge on any atom is 0.126 e. The van der Waals surface area contributed by atoms with Gasteiger partial charge in [-0.15, -0.1) is 0 Å². The third-order valence-corrected chi connectivity index (χ3v) is 2.87. The van der Waals surface area contributed by atoms with Crippen LogP contribution >= 0.6 is 0 Å². The van der Waals surface area contributed by atoms with Crippen LogP contribution in [0.1, 0.15) is 23.5 Å². The van der Waals surface area contributed by atoms with Crippen LogP contribution in [0.4, 0.5) is 4.39 Å². The van der Waals surface area contributed by atoms with Crippen LogP contribution in [0.5, 0.6) is 0 Å². The van der Waals surface area contributed by atoms with Crippen LogP contribution in [0.2, 0.25) is 0 Å². The third kappa shape index (κ3) is 1.46. The Morgan fingerprint density at radius 1 is 1.46 bits per heavy atom. The fraction of sp³-hybridized carbons (Fsp3) is 0.455. The lowest BCUT2D eigenvalue weighted by Crippen LogP contribution is -2.10. The van der Waals surface area contributed by atoms with Gasteiger partial charge in [-0.05, 0) is 37.6 Å². The second-order valence-electron chi connectivity index (χ2n) is 3.69. The molecule has 1 fully saturated rings. The van der Waals surface area contributed by atoms with Gasteiger partial charge in [-0.2, -0.15) is 0 Å². The molecule has 1 aliphatic carbocycles. The van der Waals surface area contributed by atoms with Crippen LogP contribution in [-0.4, -0.2) is 13.1 Å². The summed E-state index contributed by atoms with van der Waals surface area (Å²) in [5.41, 5.74) is 1.98. The van der Waals surface area contributed by atoms with Crippen LogP contribution in [0, 0.1) is 12.7 Å². The molecular formula is C11H14FN. The fourth-order valence-electron chi connectivity index (χ4n) is 1.88. The number of nitrogens with one attached hydrogen (secondary N) is 1. The van der Waals surface area contributed by atoms with Gasteiger partial charge in [0, 0.05) is 12.0 Å². The molecule has 1 N–H and O–H groups in total. The Bertz CT molecular complexity index is 322. The van der Waals surface area contributed by atoms with E-state index in [4.69, 9.17) is 0 Å². The second kappa shape index (κ2) is 3.11. The van der Waals surface area contributed by atoms with Gasteiger partial charge < -0.3 is 5.32 Å². The largest absolute Gasteiger partial charge is 0.316 e. The zero-order valence-corrected chi connectivity index (χ0v) is 7.97. The highest BCUT2D eigenvalue weighted by atomic mass is 19.1. The quantitative estimate of drug-likeness (QED) is 0.734. The topological polar surface area (TPSA) is 12.0 Å². The van der Waals surface area contributed by atoms with Crippen molar-refractivity contribution < 1.29 is 4.39 Å². The van der Waals surface area contributed by atoms with Crippen molar-refractivity contribution in [2.45, 2.75) is 25.3 Å². The predicted octanol–water partition coefficient (Wildman–Crippen LogP) is 2.21. The Kier molecular flexibility index (Phi) is 2.08. The Balaban J connectivity index is 2.27. The summed E-state index contributed by atoms with van der Waals surface area (Å²) in [7, 11) is 1.96. The fourth-order valence-corrected chi connectivity index (χ4v) is 1.88. The molecule has 0 spiro atoms. The van der Waals surface area contributed by atoms with Gasteiger partial charge >= 0.3 is 0 Å². The van der Waals surface area contributed by atoms with Crippen LogP contribution in [0.3, 0.4) is 0 Å². The van der Waals surface area contributed by atoms with Crippen molar-refractivity contribution in [3.05, 3.63) is 35.1 Å². The lowest BCUT2D eigenvalue weighted by molar-refractivity contribution is 0.614. The normalized spacial score (nSPS) is 26.1. The zero-order chi connectivity index (χ0) is 9.42. The molecule has 0 radical (unpaired) electrons. The van der Waals surface area contributed by atoms with Gasteiger partial charge in [0.15, 0.2) is 0 Å². The van der Waals surface area contributed by atoms with Crippen LogP contribution in [-0.2, 0) is 0 Å². The van der Waals surface area contributed by atoms with Gasteiger partial charge in [0.1, 0.15) is 5.82 Å². The minimum absolute atomic E-state index is 0.0840. The molecule has 0 aromatic heterocycles. The third-order valence-electron chi connectivity index (χ3n) is 2.87. The average Bonchev–Trinajstić information content (AvgIpc) is 2.89. The highest BCUT2D eigenvalue weighted by molar-refractivity contribution is 5.35. The van der Waals surface area contributed by atoms with Crippen molar-refractivity contribution in [3.63, 3.8) is 0 Å². The summed E-state index contributed by atoms with van der Waals surface area (Å²) in [5.74, 6) is 0.444. The molecule has 1 aromatic rings. The van der Waals surface area contributed by atoms with E-state index in [0.29, 0.717) is 12.0 Å². The molecule has 0 heterocycles. The molecule has 1 aromatic carbocycles. The molecule has 0 saturated heterocycles. The first-order chi connectivity index (χ1) is 6.24. The van der Waals surface area contributed by atoms with E-state index < -0.39 is 0 Å². The van der Waals surface area contributed by atoms with Crippen molar-refractivity contribution in [2.75, 3.05) is 7.05 Å². The molecule has 2 heteroatoms. The van der Waals surface area contributed by atoms with Gasteiger partial charge in [0.05, 0.1) is 0 Å². The molecule has 0 aliphatic heterocycles. The van der Waals surface area contributed by atoms with Gasteiger partial charge in [-0.1, -0.05) is 12.1 Å². The minimum Gasteiger partial charge on any atom is -0.316 e. The monoisotopic (exact) mass is 179 g/mol. The molecule has 1 saturated carbocycles. The van der Waals surface area contributed by atoms with Crippen molar-refractivity contribution in [3.8, 4) is 0 Å². The van der Waals surface area contributed by atoms with Gasteiger partial charge in [0.25, 0.3) is 0 Å². The van der Waals surface area contributed by atoms with Crippen molar-refractivity contribution in [1.82, 2.24) is 5.32 Å². The molecule has 0 unspecified atom stereocenters. The smallest absolute Gasteiger partial charge is 0.126 e. The minimum atomic E-state index is -0.0840. The molecule has 2 atom stereocenters. The Hall–Kier alpha value is -0.890. The summed E-state index contributed by atoms with van der Waals surface area (Å²) in [5, 5.41) is 3.21. The van der Waals surface area contributed by atoms with Crippen molar-refractivity contribution in [2.24, 2.45) is 0 Å². The number of hydrogen-bond acceptors (Lipinski definition) is 1. The molecule has 0 bridgehead atoms. The van der Waals surface area contributed by atoms with E-state index in [1.54, 1.807) is 6.07 Å². The van der Waals surface area contributed by atoms with Gasteiger partial charge in [-0.25, -0.2) is 4.39 Å². The van der Waals surface area contributed by atoms with Crippen molar-refractivity contribution in [1.29, 1.82) is 0 Å². The number of likely N-dealkylation sites (N-methyl/N-ethyl adjacent to an activating group) is 1. The van der Waals surface area contributed by atoms with E-state index in [1.165, 1.54) is 11.6 Å². The number of halogens is 1. The first-order valence-corrected chi connectivity index (χ1v) is 4.66. The Labute approximate surface area is 78.0 Å². The van der Waals surface area contributed by atoms with E-state index in [2.05, 4.69) is 5.32 Å². The van der Waals surface area contributed by atoms with Gasteiger partial charge in [0.2, 0.25) is 0 Å². The summed E-state index contributed by atoms with van der Waals surface area (Å²) in [6, 6.07) is 5.90. The van der Waals surface area contributed by atoms with E-state index >= 15 is 0 Å². The maximum absolute atomic E-state index is 13.2. The Morgan fingerprint density at radius 3 is 2.85 bits per heavy atom. The van der Waals surface area contributed by atoms with Gasteiger partial charge in [-0.3, -0.25) is 0 Å². The molecule has 2 rings (SSSR count). The number of rotatable bonds is 2. The molecule has 1 nitrogen and oxygen atoms in total. The molecular weight excluding hydrogens is 165 g/mol. The highest BCUT2D eigenvalue weighted by Crippen LogP contribution is 2.42. The molecule has 0 amide bonds. The standard InChI is InChI=1S/C11H14FN/c1-7-8(4-3-5-10(7)12)9-6-11(9)13-2/h3-5,9,11,13H,6H2,1-2H3/t9-,11-/m1/s1. The summed E-state index contributed by atoms with van der Waals surface area (Å²) >= 11 is 0. The average molecular weight is 179 g/mol. The molecule has 1 aliphatic rings. The lowest BCUT2D eigenvalue weighted by Gasteiger charge is -2.05. The highest BCUT2D eigenvalue weighted by Gasteiger charge is 2.37. The molecule has 70 valence electrons. The predicted molar refractivity (Wildman–Crippen MR) is 51.3 cm³/mol. The lowest BCUT2D eigenvalue weighted by atomic mass is 10.0. The van der Waals surface area contributed by atoms with Crippen LogP contribution in [0.15, 0.2) is 18.2 Å². The summed E-state index contributed by atoms with van der Waals surface area (Å²) in [6.07, 6.45) is 1.14.